The quantitative estimate of drug-likeness (QED) is 0.865. The Morgan fingerprint density at radius 1 is 1.25 bits per heavy atom. The summed E-state index contributed by atoms with van der Waals surface area (Å²) in [6.45, 7) is 7.85. The number of halogens is 2. The van der Waals surface area contributed by atoms with Gasteiger partial charge in [0.1, 0.15) is 11.6 Å². The van der Waals surface area contributed by atoms with Gasteiger partial charge in [-0.15, -0.1) is 0 Å². The van der Waals surface area contributed by atoms with Crippen molar-refractivity contribution in [3.05, 3.63) is 35.4 Å². The average molecular weight is 283 g/mol. The van der Waals surface area contributed by atoms with Crippen LogP contribution in [-0.4, -0.2) is 25.3 Å². The monoisotopic (exact) mass is 283 g/mol. The molecule has 0 spiro atoms. The molecular weight excluding hydrogens is 260 g/mol. The average Bonchev–Trinajstić information content (AvgIpc) is 2.35. The SMILES string of the molecule is CCOC1CC(NCCc2cc(F)cc(F)c2)C1(C)C. The third-order valence-electron chi connectivity index (χ3n) is 4.27. The maximum Gasteiger partial charge on any atom is 0.126 e. The van der Waals surface area contributed by atoms with Gasteiger partial charge >= 0.3 is 0 Å². The lowest BCUT2D eigenvalue weighted by molar-refractivity contribution is -0.113. The molecule has 1 aromatic carbocycles. The molecule has 1 aliphatic carbocycles. The summed E-state index contributed by atoms with van der Waals surface area (Å²) >= 11 is 0. The maximum atomic E-state index is 13.1. The Hall–Kier alpha value is -1.00. The molecule has 2 rings (SSSR count). The van der Waals surface area contributed by atoms with Crippen molar-refractivity contribution in [2.45, 2.75) is 45.8 Å². The van der Waals surface area contributed by atoms with Gasteiger partial charge in [-0.3, -0.25) is 0 Å². The third-order valence-corrected chi connectivity index (χ3v) is 4.27. The number of benzene rings is 1. The van der Waals surface area contributed by atoms with E-state index in [1.165, 1.54) is 12.1 Å². The number of rotatable bonds is 6. The highest BCUT2D eigenvalue weighted by atomic mass is 19.1. The minimum atomic E-state index is -0.514. The first kappa shape index (κ1) is 15.4. The van der Waals surface area contributed by atoms with Crippen LogP contribution in [0.4, 0.5) is 8.78 Å². The van der Waals surface area contributed by atoms with Crippen LogP contribution in [-0.2, 0) is 11.2 Å². The van der Waals surface area contributed by atoms with Gasteiger partial charge in [-0.1, -0.05) is 13.8 Å². The summed E-state index contributed by atoms with van der Waals surface area (Å²) in [5.41, 5.74) is 0.803. The molecule has 1 N–H and O–H groups in total. The van der Waals surface area contributed by atoms with Crippen molar-refractivity contribution in [2.24, 2.45) is 5.41 Å². The minimum absolute atomic E-state index is 0.114. The molecule has 112 valence electrons. The Morgan fingerprint density at radius 3 is 2.45 bits per heavy atom. The first-order chi connectivity index (χ1) is 9.43. The Kier molecular flexibility index (Phi) is 4.76. The Labute approximate surface area is 119 Å². The molecule has 1 saturated carbocycles. The highest BCUT2D eigenvalue weighted by Crippen LogP contribution is 2.42. The summed E-state index contributed by atoms with van der Waals surface area (Å²) < 4.78 is 31.8. The van der Waals surface area contributed by atoms with Crippen LogP contribution >= 0.6 is 0 Å². The lowest BCUT2D eigenvalue weighted by Crippen LogP contribution is -2.61. The smallest absolute Gasteiger partial charge is 0.126 e. The van der Waals surface area contributed by atoms with E-state index in [9.17, 15) is 8.78 Å². The highest BCUT2D eigenvalue weighted by molar-refractivity contribution is 5.18. The summed E-state index contributed by atoms with van der Waals surface area (Å²) in [5, 5.41) is 3.46. The predicted molar refractivity (Wildman–Crippen MR) is 75.7 cm³/mol. The van der Waals surface area contributed by atoms with Crippen molar-refractivity contribution in [3.8, 4) is 0 Å². The van der Waals surface area contributed by atoms with E-state index in [-0.39, 0.29) is 5.41 Å². The molecule has 2 nitrogen and oxygen atoms in total. The van der Waals surface area contributed by atoms with E-state index in [2.05, 4.69) is 19.2 Å². The van der Waals surface area contributed by atoms with Crippen LogP contribution in [0.15, 0.2) is 18.2 Å². The zero-order chi connectivity index (χ0) is 14.8. The fourth-order valence-corrected chi connectivity index (χ4v) is 2.86. The van der Waals surface area contributed by atoms with Crippen LogP contribution in [0.5, 0.6) is 0 Å². The van der Waals surface area contributed by atoms with Crippen LogP contribution in [0.1, 0.15) is 32.8 Å². The summed E-state index contributed by atoms with van der Waals surface area (Å²) in [5.74, 6) is -1.03. The van der Waals surface area contributed by atoms with Crippen molar-refractivity contribution in [2.75, 3.05) is 13.2 Å². The number of hydrogen-bond donors (Lipinski definition) is 1. The molecule has 0 bridgehead atoms. The van der Waals surface area contributed by atoms with Crippen LogP contribution in [0, 0.1) is 17.0 Å². The Balaban J connectivity index is 1.79. The van der Waals surface area contributed by atoms with Gasteiger partial charge in [-0.25, -0.2) is 8.78 Å². The predicted octanol–water partition coefficient (Wildman–Crippen LogP) is 3.30. The van der Waals surface area contributed by atoms with Crippen LogP contribution in [0.2, 0.25) is 0 Å². The number of ether oxygens (including phenoxy) is 1. The second-order valence-corrected chi connectivity index (χ2v) is 6.04. The van der Waals surface area contributed by atoms with E-state index in [0.29, 0.717) is 24.1 Å². The maximum absolute atomic E-state index is 13.1. The summed E-state index contributed by atoms with van der Waals surface area (Å²) in [4.78, 5) is 0. The molecule has 1 aliphatic rings. The van der Waals surface area contributed by atoms with E-state index in [4.69, 9.17) is 4.74 Å². The normalized spacial score (nSPS) is 24.4. The van der Waals surface area contributed by atoms with Gasteiger partial charge in [0.05, 0.1) is 6.10 Å². The van der Waals surface area contributed by atoms with Gasteiger partial charge in [0.25, 0.3) is 0 Å². The lowest BCUT2D eigenvalue weighted by atomic mass is 9.64. The highest BCUT2D eigenvalue weighted by Gasteiger charge is 2.48. The van der Waals surface area contributed by atoms with Crippen LogP contribution < -0.4 is 5.32 Å². The van der Waals surface area contributed by atoms with Gasteiger partial charge in [-0.05, 0) is 44.0 Å². The second kappa shape index (κ2) is 6.19. The van der Waals surface area contributed by atoms with Gasteiger partial charge < -0.3 is 10.1 Å². The fraction of sp³-hybridized carbons (Fsp3) is 0.625. The molecule has 0 radical (unpaired) electrons. The number of nitrogens with one attached hydrogen (secondary N) is 1. The summed E-state index contributed by atoms with van der Waals surface area (Å²) in [7, 11) is 0. The molecule has 2 atom stereocenters. The Bertz CT molecular complexity index is 442. The first-order valence-corrected chi connectivity index (χ1v) is 7.23. The molecule has 0 aliphatic heterocycles. The zero-order valence-corrected chi connectivity index (χ0v) is 12.4. The van der Waals surface area contributed by atoms with Crippen molar-refractivity contribution < 1.29 is 13.5 Å². The van der Waals surface area contributed by atoms with Gasteiger partial charge in [0.2, 0.25) is 0 Å². The van der Waals surface area contributed by atoms with Crippen molar-refractivity contribution in [3.63, 3.8) is 0 Å². The van der Waals surface area contributed by atoms with Crippen molar-refractivity contribution in [1.29, 1.82) is 0 Å². The summed E-state index contributed by atoms with van der Waals surface area (Å²) in [6, 6.07) is 4.08. The molecular formula is C16H23F2NO. The fourth-order valence-electron chi connectivity index (χ4n) is 2.86. The van der Waals surface area contributed by atoms with Crippen LogP contribution in [0.3, 0.4) is 0 Å². The van der Waals surface area contributed by atoms with Gasteiger partial charge in [0.15, 0.2) is 0 Å². The van der Waals surface area contributed by atoms with E-state index < -0.39 is 11.6 Å². The Morgan fingerprint density at radius 2 is 1.90 bits per heavy atom. The topological polar surface area (TPSA) is 21.3 Å². The molecule has 2 unspecified atom stereocenters. The first-order valence-electron chi connectivity index (χ1n) is 7.23. The molecule has 0 amide bonds. The molecule has 1 aromatic rings. The molecule has 20 heavy (non-hydrogen) atoms. The second-order valence-electron chi connectivity index (χ2n) is 6.04. The van der Waals surface area contributed by atoms with Gasteiger partial charge in [0, 0.05) is 24.1 Å². The standard InChI is InChI=1S/C16H23F2NO/c1-4-20-15-10-14(16(15,2)3)19-6-5-11-7-12(17)9-13(18)8-11/h7-9,14-15,19H,4-6,10H2,1-3H3. The molecule has 0 heterocycles. The van der Waals surface area contributed by atoms with E-state index in [1.807, 2.05) is 6.92 Å². The van der Waals surface area contributed by atoms with Crippen molar-refractivity contribution >= 4 is 0 Å². The minimum Gasteiger partial charge on any atom is -0.378 e. The number of hydrogen-bond acceptors (Lipinski definition) is 2. The van der Waals surface area contributed by atoms with Crippen LogP contribution in [0.25, 0.3) is 0 Å². The molecule has 0 saturated heterocycles. The molecule has 1 fully saturated rings. The largest absolute Gasteiger partial charge is 0.378 e. The van der Waals surface area contributed by atoms with E-state index >= 15 is 0 Å². The zero-order valence-electron chi connectivity index (χ0n) is 12.4. The summed E-state index contributed by atoms with van der Waals surface area (Å²) in [6.07, 6.45) is 1.93. The lowest BCUT2D eigenvalue weighted by Gasteiger charge is -2.52. The molecule has 0 aromatic heterocycles. The van der Waals surface area contributed by atoms with E-state index in [1.54, 1.807) is 0 Å². The molecule has 4 heteroatoms. The third kappa shape index (κ3) is 3.36. The van der Waals surface area contributed by atoms with Gasteiger partial charge in [-0.2, -0.15) is 0 Å². The van der Waals surface area contributed by atoms with E-state index in [0.717, 1.165) is 25.6 Å². The van der Waals surface area contributed by atoms with Crippen molar-refractivity contribution in [1.82, 2.24) is 5.32 Å².